The molecule has 1 saturated heterocycles. The van der Waals surface area contributed by atoms with Gasteiger partial charge in [-0.1, -0.05) is 12.1 Å². The highest BCUT2D eigenvalue weighted by Crippen LogP contribution is 2.11. The summed E-state index contributed by atoms with van der Waals surface area (Å²) in [5.74, 6) is 0.946. The van der Waals surface area contributed by atoms with Crippen molar-refractivity contribution in [2.45, 2.75) is 19.5 Å². The Bertz CT molecular complexity index is 366. The molecule has 1 aromatic rings. The van der Waals surface area contributed by atoms with Gasteiger partial charge in [0.2, 0.25) is 0 Å². The molecular formula is C15H25N3O. The molecule has 0 bridgehead atoms. The standard InChI is InChI=1S/C15H25N3O/c1-3-19-15-6-4-13(5-7-15)10-16-11-14-12-18(2)9-8-17-14/h4-7,14,16-17H,3,8-12H2,1-2H3. The minimum absolute atomic E-state index is 0.557. The van der Waals surface area contributed by atoms with Crippen molar-refractivity contribution in [2.75, 3.05) is 39.8 Å². The zero-order chi connectivity index (χ0) is 13.5. The molecule has 2 rings (SSSR count). The number of piperazine rings is 1. The summed E-state index contributed by atoms with van der Waals surface area (Å²) in [7, 11) is 2.18. The molecule has 2 N–H and O–H groups in total. The second-order valence-electron chi connectivity index (χ2n) is 5.12. The average Bonchev–Trinajstić information content (AvgIpc) is 2.41. The van der Waals surface area contributed by atoms with Gasteiger partial charge in [-0.15, -0.1) is 0 Å². The van der Waals surface area contributed by atoms with E-state index in [1.165, 1.54) is 5.56 Å². The van der Waals surface area contributed by atoms with Crippen molar-refractivity contribution < 1.29 is 4.74 Å². The van der Waals surface area contributed by atoms with Gasteiger partial charge in [0.05, 0.1) is 6.61 Å². The maximum atomic E-state index is 5.44. The molecule has 1 heterocycles. The van der Waals surface area contributed by atoms with Crippen molar-refractivity contribution in [3.63, 3.8) is 0 Å². The molecule has 0 spiro atoms. The van der Waals surface area contributed by atoms with E-state index < -0.39 is 0 Å². The molecule has 1 atom stereocenters. The number of nitrogens with zero attached hydrogens (tertiary/aromatic N) is 1. The van der Waals surface area contributed by atoms with E-state index in [1.54, 1.807) is 0 Å². The number of rotatable bonds is 6. The number of nitrogens with one attached hydrogen (secondary N) is 2. The first-order valence-electron chi connectivity index (χ1n) is 7.12. The van der Waals surface area contributed by atoms with Crippen LogP contribution < -0.4 is 15.4 Å². The predicted octanol–water partition coefficient (Wildman–Crippen LogP) is 1.08. The lowest BCUT2D eigenvalue weighted by molar-refractivity contribution is 0.235. The molecule has 0 saturated carbocycles. The van der Waals surface area contributed by atoms with Crippen molar-refractivity contribution in [3.05, 3.63) is 29.8 Å². The summed E-state index contributed by atoms with van der Waals surface area (Å²) in [5.41, 5.74) is 1.30. The lowest BCUT2D eigenvalue weighted by Gasteiger charge is -2.31. The fourth-order valence-electron chi connectivity index (χ4n) is 2.39. The van der Waals surface area contributed by atoms with Crippen LogP contribution in [0.3, 0.4) is 0 Å². The van der Waals surface area contributed by atoms with E-state index in [4.69, 9.17) is 4.74 Å². The van der Waals surface area contributed by atoms with Crippen molar-refractivity contribution >= 4 is 0 Å². The fourth-order valence-corrected chi connectivity index (χ4v) is 2.39. The van der Waals surface area contributed by atoms with Gasteiger partial charge < -0.3 is 20.3 Å². The Labute approximate surface area is 116 Å². The summed E-state index contributed by atoms with van der Waals surface area (Å²) >= 11 is 0. The van der Waals surface area contributed by atoms with E-state index in [0.717, 1.165) is 45.1 Å². The summed E-state index contributed by atoms with van der Waals surface area (Å²) < 4.78 is 5.44. The predicted molar refractivity (Wildman–Crippen MR) is 78.6 cm³/mol. The van der Waals surface area contributed by atoms with Crippen LogP contribution >= 0.6 is 0 Å². The third-order valence-electron chi connectivity index (χ3n) is 3.41. The van der Waals surface area contributed by atoms with E-state index in [-0.39, 0.29) is 0 Å². The van der Waals surface area contributed by atoms with Gasteiger partial charge in [0, 0.05) is 38.8 Å². The fraction of sp³-hybridized carbons (Fsp3) is 0.600. The first-order chi connectivity index (χ1) is 9.28. The molecular weight excluding hydrogens is 238 g/mol. The van der Waals surface area contributed by atoms with Gasteiger partial charge in [-0.05, 0) is 31.7 Å². The number of benzene rings is 1. The zero-order valence-corrected chi connectivity index (χ0v) is 12.0. The Kier molecular flexibility index (Phi) is 5.63. The number of ether oxygens (including phenoxy) is 1. The SMILES string of the molecule is CCOc1ccc(CNCC2CN(C)CCN2)cc1. The van der Waals surface area contributed by atoms with Gasteiger partial charge >= 0.3 is 0 Å². The monoisotopic (exact) mass is 263 g/mol. The van der Waals surface area contributed by atoms with Crippen LogP contribution in [-0.4, -0.2) is 50.8 Å². The minimum Gasteiger partial charge on any atom is -0.494 e. The maximum absolute atomic E-state index is 5.44. The molecule has 19 heavy (non-hydrogen) atoms. The quantitative estimate of drug-likeness (QED) is 0.805. The number of hydrogen-bond donors (Lipinski definition) is 2. The topological polar surface area (TPSA) is 36.5 Å². The van der Waals surface area contributed by atoms with Crippen LogP contribution in [0, 0.1) is 0 Å². The Morgan fingerprint density at radius 3 is 2.84 bits per heavy atom. The first-order valence-corrected chi connectivity index (χ1v) is 7.12. The molecule has 0 aromatic heterocycles. The van der Waals surface area contributed by atoms with Crippen LogP contribution in [0.2, 0.25) is 0 Å². The van der Waals surface area contributed by atoms with Crippen molar-refractivity contribution in [1.82, 2.24) is 15.5 Å². The van der Waals surface area contributed by atoms with Gasteiger partial charge in [-0.2, -0.15) is 0 Å². The van der Waals surface area contributed by atoms with Crippen LogP contribution in [0.4, 0.5) is 0 Å². The molecule has 1 aliphatic heterocycles. The molecule has 106 valence electrons. The average molecular weight is 263 g/mol. The van der Waals surface area contributed by atoms with Gasteiger partial charge in [0.15, 0.2) is 0 Å². The second-order valence-corrected chi connectivity index (χ2v) is 5.12. The van der Waals surface area contributed by atoms with Crippen LogP contribution in [-0.2, 0) is 6.54 Å². The van der Waals surface area contributed by atoms with Gasteiger partial charge in [-0.25, -0.2) is 0 Å². The van der Waals surface area contributed by atoms with Crippen LogP contribution in [0.25, 0.3) is 0 Å². The van der Waals surface area contributed by atoms with E-state index in [0.29, 0.717) is 6.04 Å². The van der Waals surface area contributed by atoms with Gasteiger partial charge in [0.25, 0.3) is 0 Å². The second kappa shape index (κ2) is 7.48. The van der Waals surface area contributed by atoms with Crippen LogP contribution in [0.5, 0.6) is 5.75 Å². The Balaban J connectivity index is 1.70. The summed E-state index contributed by atoms with van der Waals surface area (Å²) in [5, 5.41) is 7.05. The van der Waals surface area contributed by atoms with Crippen molar-refractivity contribution in [1.29, 1.82) is 0 Å². The Hall–Kier alpha value is -1.10. The number of likely N-dealkylation sites (N-methyl/N-ethyl adjacent to an activating group) is 1. The maximum Gasteiger partial charge on any atom is 0.119 e. The largest absolute Gasteiger partial charge is 0.494 e. The van der Waals surface area contributed by atoms with Crippen LogP contribution in [0.15, 0.2) is 24.3 Å². The highest BCUT2D eigenvalue weighted by Gasteiger charge is 2.15. The zero-order valence-electron chi connectivity index (χ0n) is 12.0. The van der Waals surface area contributed by atoms with E-state index >= 15 is 0 Å². The summed E-state index contributed by atoms with van der Waals surface area (Å²) in [6, 6.07) is 8.87. The molecule has 0 radical (unpaired) electrons. The minimum atomic E-state index is 0.557. The van der Waals surface area contributed by atoms with E-state index in [1.807, 2.05) is 19.1 Å². The third-order valence-corrected chi connectivity index (χ3v) is 3.41. The lowest BCUT2D eigenvalue weighted by atomic mass is 10.2. The van der Waals surface area contributed by atoms with E-state index in [2.05, 4.69) is 34.7 Å². The Morgan fingerprint density at radius 2 is 2.16 bits per heavy atom. The molecule has 0 aliphatic carbocycles. The highest BCUT2D eigenvalue weighted by atomic mass is 16.5. The molecule has 1 fully saturated rings. The van der Waals surface area contributed by atoms with Gasteiger partial charge in [0.1, 0.15) is 5.75 Å². The molecule has 1 unspecified atom stereocenters. The first kappa shape index (κ1) is 14.3. The normalized spacial score (nSPS) is 20.4. The summed E-state index contributed by atoms with van der Waals surface area (Å²) in [4.78, 5) is 2.37. The molecule has 4 heteroatoms. The molecule has 4 nitrogen and oxygen atoms in total. The molecule has 1 aliphatic rings. The van der Waals surface area contributed by atoms with Gasteiger partial charge in [-0.3, -0.25) is 0 Å². The molecule has 1 aromatic carbocycles. The Morgan fingerprint density at radius 1 is 1.37 bits per heavy atom. The third kappa shape index (κ3) is 4.82. The highest BCUT2D eigenvalue weighted by molar-refractivity contribution is 5.27. The van der Waals surface area contributed by atoms with E-state index in [9.17, 15) is 0 Å². The summed E-state index contributed by atoms with van der Waals surface area (Å²) in [6.45, 7) is 8.01. The lowest BCUT2D eigenvalue weighted by Crippen LogP contribution is -2.52. The number of hydrogen-bond acceptors (Lipinski definition) is 4. The van der Waals surface area contributed by atoms with Crippen LogP contribution in [0.1, 0.15) is 12.5 Å². The summed E-state index contributed by atoms with van der Waals surface area (Å²) in [6.07, 6.45) is 0. The smallest absolute Gasteiger partial charge is 0.119 e. The molecule has 0 amide bonds. The van der Waals surface area contributed by atoms with Crippen molar-refractivity contribution in [3.8, 4) is 5.75 Å². The van der Waals surface area contributed by atoms with Crippen molar-refractivity contribution in [2.24, 2.45) is 0 Å².